The minimum atomic E-state index is -0.139. The van der Waals surface area contributed by atoms with Crippen LogP contribution in [0.4, 0.5) is 0 Å². The third-order valence-corrected chi connectivity index (χ3v) is 4.93. The number of likely N-dealkylation sites (tertiary alicyclic amines) is 1. The lowest BCUT2D eigenvalue weighted by molar-refractivity contribution is -0.133. The van der Waals surface area contributed by atoms with Crippen molar-refractivity contribution >= 4 is 34.3 Å². The average molecular weight is 396 g/mol. The number of fused-ring (bicyclic) bond motifs is 1. The van der Waals surface area contributed by atoms with Crippen LogP contribution in [0.3, 0.4) is 0 Å². The van der Waals surface area contributed by atoms with Gasteiger partial charge in [0.15, 0.2) is 5.82 Å². The molecule has 0 spiro atoms. The maximum absolute atomic E-state index is 12.6. The summed E-state index contributed by atoms with van der Waals surface area (Å²) in [6.07, 6.45) is 4.61. The van der Waals surface area contributed by atoms with E-state index in [1.807, 2.05) is 22.8 Å². The molecule has 0 atom stereocenters. The third kappa shape index (κ3) is 3.48. The summed E-state index contributed by atoms with van der Waals surface area (Å²) in [5, 5.41) is 4.50. The van der Waals surface area contributed by atoms with E-state index >= 15 is 0 Å². The molecule has 1 aliphatic rings. The monoisotopic (exact) mass is 395 g/mol. The van der Waals surface area contributed by atoms with Crippen LogP contribution in [-0.2, 0) is 16.1 Å². The number of carbonyl (C=O) groups is 2. The van der Waals surface area contributed by atoms with Crippen molar-refractivity contribution < 1.29 is 9.59 Å². The third-order valence-electron chi connectivity index (χ3n) is 4.69. The first-order valence-electron chi connectivity index (χ1n) is 8.82. The summed E-state index contributed by atoms with van der Waals surface area (Å²) in [5.41, 5.74) is 1.61. The summed E-state index contributed by atoms with van der Waals surface area (Å²) in [6, 6.07) is 9.14. The van der Waals surface area contributed by atoms with Gasteiger partial charge >= 0.3 is 0 Å². The van der Waals surface area contributed by atoms with Gasteiger partial charge in [0.25, 0.3) is 0 Å². The standard InChI is InChI=1S/C20H18ClN5O2/c1-2-19(28)25-10-15(11-25)24-18(27)12-26-16-5-4-14(21)8-13(16)9-17(26)20-22-6-3-7-23-20/h2-9,15H,1,10-12H2,(H,24,27). The molecule has 0 radical (unpaired) electrons. The van der Waals surface area contributed by atoms with E-state index in [4.69, 9.17) is 11.6 Å². The lowest BCUT2D eigenvalue weighted by Crippen LogP contribution is -2.61. The van der Waals surface area contributed by atoms with E-state index in [-0.39, 0.29) is 24.4 Å². The van der Waals surface area contributed by atoms with Gasteiger partial charge in [-0.25, -0.2) is 9.97 Å². The number of rotatable bonds is 5. The fourth-order valence-corrected chi connectivity index (χ4v) is 3.51. The van der Waals surface area contributed by atoms with Crippen LogP contribution in [0.5, 0.6) is 0 Å². The van der Waals surface area contributed by atoms with E-state index in [2.05, 4.69) is 21.9 Å². The Morgan fingerprint density at radius 1 is 1.25 bits per heavy atom. The molecule has 3 heterocycles. The molecule has 1 aromatic carbocycles. The Morgan fingerprint density at radius 3 is 2.71 bits per heavy atom. The van der Waals surface area contributed by atoms with Crippen LogP contribution in [-0.4, -0.2) is 50.4 Å². The number of hydrogen-bond acceptors (Lipinski definition) is 4. The van der Waals surface area contributed by atoms with E-state index in [0.29, 0.717) is 23.9 Å². The Balaban J connectivity index is 1.57. The van der Waals surface area contributed by atoms with Crippen LogP contribution in [0, 0.1) is 0 Å². The van der Waals surface area contributed by atoms with Gasteiger partial charge in [0.1, 0.15) is 6.54 Å². The van der Waals surface area contributed by atoms with Gasteiger partial charge in [-0.2, -0.15) is 0 Å². The lowest BCUT2D eigenvalue weighted by atomic mass is 10.1. The Labute approximate surface area is 166 Å². The number of halogens is 1. The lowest BCUT2D eigenvalue weighted by Gasteiger charge is -2.38. The van der Waals surface area contributed by atoms with Gasteiger partial charge in [0, 0.05) is 41.4 Å². The summed E-state index contributed by atoms with van der Waals surface area (Å²) in [6.45, 7) is 4.57. The Bertz CT molecular complexity index is 1060. The fraction of sp³-hybridized carbons (Fsp3) is 0.200. The Morgan fingerprint density at radius 2 is 2.00 bits per heavy atom. The molecule has 0 aliphatic carbocycles. The minimum Gasteiger partial charge on any atom is -0.348 e. The molecule has 0 saturated carbocycles. The number of nitrogens with one attached hydrogen (secondary N) is 1. The van der Waals surface area contributed by atoms with Gasteiger partial charge in [-0.3, -0.25) is 9.59 Å². The number of hydrogen-bond donors (Lipinski definition) is 1. The predicted octanol–water partition coefficient (Wildman–Crippen LogP) is 2.26. The van der Waals surface area contributed by atoms with Gasteiger partial charge in [-0.15, -0.1) is 0 Å². The quantitative estimate of drug-likeness (QED) is 0.672. The van der Waals surface area contributed by atoms with E-state index in [1.165, 1.54) is 6.08 Å². The second-order valence-electron chi connectivity index (χ2n) is 6.60. The smallest absolute Gasteiger partial charge is 0.246 e. The topological polar surface area (TPSA) is 80.1 Å². The first-order valence-corrected chi connectivity index (χ1v) is 9.20. The first-order chi connectivity index (χ1) is 13.5. The Kier molecular flexibility index (Phi) is 4.83. The summed E-state index contributed by atoms with van der Waals surface area (Å²) in [4.78, 5) is 34.4. The molecule has 4 rings (SSSR count). The van der Waals surface area contributed by atoms with Crippen molar-refractivity contribution in [3.05, 3.63) is 60.4 Å². The summed E-state index contributed by atoms with van der Waals surface area (Å²) in [5.74, 6) is 0.275. The number of benzene rings is 1. The SMILES string of the molecule is C=CC(=O)N1CC(NC(=O)Cn2c(-c3ncccn3)cc3cc(Cl)ccc32)C1. The predicted molar refractivity (Wildman–Crippen MR) is 107 cm³/mol. The average Bonchev–Trinajstić information content (AvgIpc) is 3.01. The highest BCUT2D eigenvalue weighted by atomic mass is 35.5. The molecule has 142 valence electrons. The van der Waals surface area contributed by atoms with E-state index < -0.39 is 0 Å². The van der Waals surface area contributed by atoms with E-state index in [9.17, 15) is 9.59 Å². The van der Waals surface area contributed by atoms with Gasteiger partial charge in [0.05, 0.1) is 11.7 Å². The highest BCUT2D eigenvalue weighted by Crippen LogP contribution is 2.28. The van der Waals surface area contributed by atoms with Crippen molar-refractivity contribution in [1.29, 1.82) is 0 Å². The highest BCUT2D eigenvalue weighted by Gasteiger charge is 2.30. The molecule has 2 amide bonds. The maximum atomic E-state index is 12.6. The normalized spacial score (nSPS) is 14.0. The summed E-state index contributed by atoms with van der Waals surface area (Å²) >= 11 is 6.12. The van der Waals surface area contributed by atoms with Crippen molar-refractivity contribution in [2.24, 2.45) is 0 Å². The number of carbonyl (C=O) groups excluding carboxylic acids is 2. The molecule has 7 nitrogen and oxygen atoms in total. The molecule has 8 heteroatoms. The van der Waals surface area contributed by atoms with Gasteiger partial charge < -0.3 is 14.8 Å². The van der Waals surface area contributed by atoms with Crippen LogP contribution in [0.1, 0.15) is 0 Å². The number of nitrogens with zero attached hydrogens (tertiary/aromatic N) is 4. The zero-order valence-electron chi connectivity index (χ0n) is 15.0. The molecule has 1 N–H and O–H groups in total. The molecule has 28 heavy (non-hydrogen) atoms. The zero-order chi connectivity index (χ0) is 19.7. The molecule has 1 saturated heterocycles. The largest absolute Gasteiger partial charge is 0.348 e. The van der Waals surface area contributed by atoms with Crippen molar-refractivity contribution in [3.63, 3.8) is 0 Å². The van der Waals surface area contributed by atoms with Crippen LogP contribution in [0.15, 0.2) is 55.4 Å². The van der Waals surface area contributed by atoms with Crippen LogP contribution in [0.2, 0.25) is 5.02 Å². The van der Waals surface area contributed by atoms with Crippen molar-refractivity contribution in [1.82, 2.24) is 24.8 Å². The van der Waals surface area contributed by atoms with Gasteiger partial charge in [-0.05, 0) is 36.4 Å². The molecule has 0 bridgehead atoms. The second-order valence-corrected chi connectivity index (χ2v) is 7.04. The van der Waals surface area contributed by atoms with Crippen LogP contribution in [0.25, 0.3) is 22.4 Å². The van der Waals surface area contributed by atoms with Crippen molar-refractivity contribution in [3.8, 4) is 11.5 Å². The van der Waals surface area contributed by atoms with Gasteiger partial charge in [-0.1, -0.05) is 18.2 Å². The van der Waals surface area contributed by atoms with Crippen molar-refractivity contribution in [2.45, 2.75) is 12.6 Å². The molecule has 1 aliphatic heterocycles. The highest BCUT2D eigenvalue weighted by molar-refractivity contribution is 6.31. The number of amides is 2. The first kappa shape index (κ1) is 18.2. The molecular weight excluding hydrogens is 378 g/mol. The van der Waals surface area contributed by atoms with Crippen molar-refractivity contribution in [2.75, 3.05) is 13.1 Å². The zero-order valence-corrected chi connectivity index (χ0v) is 15.8. The fourth-order valence-electron chi connectivity index (χ4n) is 3.32. The molecule has 3 aromatic rings. The summed E-state index contributed by atoms with van der Waals surface area (Å²) < 4.78 is 1.88. The summed E-state index contributed by atoms with van der Waals surface area (Å²) in [7, 11) is 0. The Hall–Kier alpha value is -3.19. The number of aromatic nitrogens is 3. The van der Waals surface area contributed by atoms with Crippen LogP contribution >= 0.6 is 11.6 Å². The van der Waals surface area contributed by atoms with E-state index in [0.717, 1.165) is 16.6 Å². The molecule has 2 aromatic heterocycles. The molecule has 0 unspecified atom stereocenters. The van der Waals surface area contributed by atoms with Crippen LogP contribution < -0.4 is 5.32 Å². The van der Waals surface area contributed by atoms with Gasteiger partial charge in [0.2, 0.25) is 11.8 Å². The molecular formula is C20H18ClN5O2. The second kappa shape index (κ2) is 7.44. The molecule has 1 fully saturated rings. The maximum Gasteiger partial charge on any atom is 0.246 e. The minimum absolute atomic E-state index is 0.0518. The van der Waals surface area contributed by atoms with E-state index in [1.54, 1.807) is 29.4 Å².